The van der Waals surface area contributed by atoms with Gasteiger partial charge in [-0.05, 0) is 37.6 Å². The smallest absolute Gasteiger partial charge is 0.417 e. The number of imidazole rings is 1. The van der Waals surface area contributed by atoms with Crippen molar-refractivity contribution in [1.29, 1.82) is 0 Å². The average Bonchev–Trinajstić information content (AvgIpc) is 3.37. The fraction of sp³-hybridized carbons (Fsp3) is 0.316. The molecule has 31 heavy (non-hydrogen) atoms. The quantitative estimate of drug-likeness (QED) is 0.637. The monoisotopic (exact) mass is 433 g/mol. The van der Waals surface area contributed by atoms with Crippen molar-refractivity contribution < 1.29 is 22.7 Å². The molecule has 2 aromatic heterocycles. The van der Waals surface area contributed by atoms with Crippen molar-refractivity contribution in [2.45, 2.75) is 32.4 Å². The number of rotatable bonds is 6. The first-order valence-corrected chi connectivity index (χ1v) is 9.33. The highest BCUT2D eigenvalue weighted by atomic mass is 19.3. The van der Waals surface area contributed by atoms with E-state index < -0.39 is 25.2 Å². The van der Waals surface area contributed by atoms with Crippen LogP contribution in [0.2, 0.25) is 0 Å². The maximum Gasteiger partial charge on any atom is 0.417 e. The Bertz CT molecular complexity index is 1110. The second-order valence-electron chi connectivity index (χ2n) is 6.96. The van der Waals surface area contributed by atoms with Crippen LogP contribution in [0.15, 0.2) is 37.1 Å². The molecule has 1 N–H and O–H groups in total. The molecule has 0 saturated carbocycles. The van der Waals surface area contributed by atoms with Gasteiger partial charge in [-0.25, -0.2) is 37.8 Å². The van der Waals surface area contributed by atoms with Gasteiger partial charge in [-0.1, -0.05) is 0 Å². The second kappa shape index (κ2) is 8.20. The zero-order valence-electron chi connectivity index (χ0n) is 16.5. The van der Waals surface area contributed by atoms with E-state index in [1.165, 1.54) is 6.07 Å². The van der Waals surface area contributed by atoms with Gasteiger partial charge in [-0.2, -0.15) is 4.98 Å². The lowest BCUT2D eigenvalue weighted by atomic mass is 10.2. The minimum Gasteiger partial charge on any atom is -0.447 e. The van der Waals surface area contributed by atoms with Crippen LogP contribution < -0.4 is 10.2 Å². The van der Waals surface area contributed by atoms with Crippen LogP contribution >= 0.6 is 0 Å². The number of nitrogens with one attached hydrogen (secondary N) is 1. The van der Waals surface area contributed by atoms with Gasteiger partial charge in [0.25, 0.3) is 6.43 Å². The normalized spacial score (nSPS) is 17.2. The number of aromatic nitrogens is 5. The molecule has 3 aromatic rings. The van der Waals surface area contributed by atoms with Crippen LogP contribution in [0.4, 0.5) is 29.9 Å². The summed E-state index contributed by atoms with van der Waals surface area (Å²) >= 11 is 0. The van der Waals surface area contributed by atoms with Crippen molar-refractivity contribution in [2.75, 3.05) is 16.8 Å². The SMILES string of the molecule is Cc1cc(-n2cnc([C@H](C)Nc3ncnc(N4C(=O)OC[C@@H]4C(F)F)n3)c2)ccc1F. The number of benzene rings is 1. The summed E-state index contributed by atoms with van der Waals surface area (Å²) in [4.78, 5) is 28.8. The Kier molecular flexibility index (Phi) is 5.44. The average molecular weight is 433 g/mol. The number of nitrogens with zero attached hydrogens (tertiary/aromatic N) is 6. The first-order chi connectivity index (χ1) is 14.8. The molecule has 1 amide bonds. The lowest BCUT2D eigenvalue weighted by Crippen LogP contribution is -2.39. The van der Waals surface area contributed by atoms with Gasteiger partial charge in [0.05, 0.1) is 18.1 Å². The Morgan fingerprint density at radius 3 is 2.81 bits per heavy atom. The molecule has 12 heteroatoms. The van der Waals surface area contributed by atoms with Gasteiger partial charge < -0.3 is 14.6 Å². The van der Waals surface area contributed by atoms with Gasteiger partial charge in [0.1, 0.15) is 24.8 Å². The third-order valence-electron chi connectivity index (χ3n) is 4.80. The summed E-state index contributed by atoms with van der Waals surface area (Å²) in [6.45, 7) is 3.04. The van der Waals surface area contributed by atoms with E-state index in [9.17, 15) is 18.0 Å². The second-order valence-corrected chi connectivity index (χ2v) is 6.96. The lowest BCUT2D eigenvalue weighted by molar-refractivity contribution is 0.104. The molecule has 0 aliphatic carbocycles. The molecular formula is C19H18F3N7O2. The number of anilines is 2. The molecule has 0 bridgehead atoms. The van der Waals surface area contributed by atoms with Crippen LogP contribution in [0.3, 0.4) is 0 Å². The Labute approximate surface area is 174 Å². The highest BCUT2D eigenvalue weighted by Gasteiger charge is 2.42. The van der Waals surface area contributed by atoms with E-state index in [0.29, 0.717) is 16.2 Å². The molecule has 0 unspecified atom stereocenters. The summed E-state index contributed by atoms with van der Waals surface area (Å²) in [5, 5.41) is 3.00. The Hall–Kier alpha value is -3.70. The van der Waals surface area contributed by atoms with Crippen LogP contribution in [0.25, 0.3) is 5.69 Å². The van der Waals surface area contributed by atoms with Crippen LogP contribution in [0, 0.1) is 12.7 Å². The van der Waals surface area contributed by atoms with E-state index in [1.807, 2.05) is 0 Å². The maximum absolute atomic E-state index is 13.5. The Balaban J connectivity index is 1.51. The fourth-order valence-electron chi connectivity index (χ4n) is 3.08. The van der Waals surface area contributed by atoms with Crippen LogP contribution in [-0.4, -0.2) is 49.7 Å². The first-order valence-electron chi connectivity index (χ1n) is 9.33. The number of carbonyl (C=O) groups excluding carboxylic acids is 1. The number of halogens is 3. The van der Waals surface area contributed by atoms with E-state index in [4.69, 9.17) is 4.74 Å². The third-order valence-corrected chi connectivity index (χ3v) is 4.80. The first kappa shape index (κ1) is 20.6. The van der Waals surface area contributed by atoms with E-state index >= 15 is 0 Å². The van der Waals surface area contributed by atoms with Gasteiger partial charge in [0, 0.05) is 11.9 Å². The molecule has 0 radical (unpaired) electrons. The zero-order valence-corrected chi connectivity index (χ0v) is 16.5. The van der Waals surface area contributed by atoms with Crippen LogP contribution in [0.5, 0.6) is 0 Å². The molecule has 0 spiro atoms. The number of carbonyl (C=O) groups is 1. The molecule has 162 valence electrons. The van der Waals surface area contributed by atoms with Crippen molar-refractivity contribution in [3.8, 4) is 5.69 Å². The number of cyclic esters (lactones) is 1. The number of alkyl halides is 2. The third kappa shape index (κ3) is 4.13. The summed E-state index contributed by atoms with van der Waals surface area (Å²) in [5.41, 5.74) is 1.90. The van der Waals surface area contributed by atoms with Crippen molar-refractivity contribution in [2.24, 2.45) is 0 Å². The van der Waals surface area contributed by atoms with Crippen molar-refractivity contribution in [3.63, 3.8) is 0 Å². The maximum atomic E-state index is 13.5. The van der Waals surface area contributed by atoms with Gasteiger partial charge in [-0.3, -0.25) is 0 Å². The molecule has 1 fully saturated rings. The molecule has 1 aliphatic heterocycles. The van der Waals surface area contributed by atoms with Crippen molar-refractivity contribution >= 4 is 18.0 Å². The molecular weight excluding hydrogens is 415 g/mol. The van der Waals surface area contributed by atoms with E-state index in [1.54, 1.807) is 43.1 Å². The largest absolute Gasteiger partial charge is 0.447 e. The molecule has 2 atom stereocenters. The van der Waals surface area contributed by atoms with Crippen molar-refractivity contribution in [3.05, 3.63) is 54.1 Å². The van der Waals surface area contributed by atoms with E-state index in [2.05, 4.69) is 25.3 Å². The molecule has 1 aliphatic rings. The summed E-state index contributed by atoms with van der Waals surface area (Å²) < 4.78 is 46.3. The minimum atomic E-state index is -2.81. The zero-order chi connectivity index (χ0) is 22.1. The number of aryl methyl sites for hydroxylation is 1. The number of ether oxygens (including phenoxy) is 1. The summed E-state index contributed by atoms with van der Waals surface area (Å²) in [6, 6.07) is 2.89. The molecule has 3 heterocycles. The van der Waals surface area contributed by atoms with E-state index in [0.717, 1.165) is 12.0 Å². The molecule has 1 aromatic carbocycles. The molecule has 4 rings (SSSR count). The van der Waals surface area contributed by atoms with Gasteiger partial charge in [-0.15, -0.1) is 0 Å². The number of amides is 1. The molecule has 9 nitrogen and oxygen atoms in total. The minimum absolute atomic E-state index is 0.0809. The van der Waals surface area contributed by atoms with Crippen molar-refractivity contribution in [1.82, 2.24) is 24.5 Å². The highest BCUT2D eigenvalue weighted by Crippen LogP contribution is 2.25. The van der Waals surface area contributed by atoms with E-state index in [-0.39, 0.29) is 23.8 Å². The summed E-state index contributed by atoms with van der Waals surface area (Å²) in [5.74, 6) is -0.442. The molecule has 1 saturated heterocycles. The Morgan fingerprint density at radius 1 is 1.26 bits per heavy atom. The Morgan fingerprint density at radius 2 is 2.06 bits per heavy atom. The summed E-state index contributed by atoms with van der Waals surface area (Å²) in [7, 11) is 0. The van der Waals surface area contributed by atoms with Crippen LogP contribution in [0.1, 0.15) is 24.2 Å². The number of hydrogen-bond acceptors (Lipinski definition) is 7. The standard InChI is InChI=1S/C19H18F3N7O2/c1-10-5-12(3-4-13(10)20)28-6-14(25-9-28)11(2)26-17-23-8-24-18(27-17)29-15(16(21)22)7-31-19(29)30/h3-6,8-9,11,15-16H,7H2,1-2H3,(H,23,24,26,27)/t11-,15+/m0/s1. The predicted octanol–water partition coefficient (Wildman–Crippen LogP) is 3.27. The summed E-state index contributed by atoms with van der Waals surface area (Å²) in [6.07, 6.45) is 0.719. The number of hydrogen-bond donors (Lipinski definition) is 1. The van der Waals surface area contributed by atoms with Crippen LogP contribution in [-0.2, 0) is 4.74 Å². The lowest BCUT2D eigenvalue weighted by Gasteiger charge is -2.19. The highest BCUT2D eigenvalue weighted by molar-refractivity contribution is 5.88. The van der Waals surface area contributed by atoms with Gasteiger partial charge in [0.2, 0.25) is 11.9 Å². The van der Waals surface area contributed by atoms with Gasteiger partial charge in [0.15, 0.2) is 0 Å². The van der Waals surface area contributed by atoms with Gasteiger partial charge >= 0.3 is 6.09 Å². The predicted molar refractivity (Wildman–Crippen MR) is 104 cm³/mol. The topological polar surface area (TPSA) is 98.1 Å². The fourth-order valence-corrected chi connectivity index (χ4v) is 3.08.